The lowest BCUT2D eigenvalue weighted by atomic mass is 9.91. The molecule has 1 fully saturated rings. The third kappa shape index (κ3) is 14.4. The zero-order chi connectivity index (χ0) is 42.0. The number of nitrogens with zero attached hydrogens (tertiary/aromatic N) is 2. The second-order valence-electron chi connectivity index (χ2n) is 14.6. The minimum absolute atomic E-state index is 0.00568. The Morgan fingerprint density at radius 1 is 0.586 bits per heavy atom. The molecule has 3 aromatic rings. The summed E-state index contributed by atoms with van der Waals surface area (Å²) in [4.78, 5) is 79.1. The first kappa shape index (κ1) is 44.5. The zero-order valence-corrected chi connectivity index (χ0v) is 32.7. The fourth-order valence-corrected chi connectivity index (χ4v) is 6.83. The van der Waals surface area contributed by atoms with E-state index in [2.05, 4.69) is 31.3 Å². The first-order valence-corrected chi connectivity index (χ1v) is 19.6. The molecular formula is C41H57N11O6. The van der Waals surface area contributed by atoms with Gasteiger partial charge in [-0.2, -0.15) is 0 Å². The van der Waals surface area contributed by atoms with Gasteiger partial charge in [-0.05, 0) is 85.5 Å². The predicted octanol–water partition coefficient (Wildman–Crippen LogP) is 0.0950. The van der Waals surface area contributed by atoms with Crippen molar-refractivity contribution in [2.75, 3.05) is 19.6 Å². The van der Waals surface area contributed by atoms with Gasteiger partial charge >= 0.3 is 0 Å². The number of amides is 4. The summed E-state index contributed by atoms with van der Waals surface area (Å²) in [5.41, 5.74) is 29.2. The molecule has 5 atom stereocenters. The van der Waals surface area contributed by atoms with Gasteiger partial charge in [0.05, 0.1) is 6.04 Å². The number of ketones is 1. The van der Waals surface area contributed by atoms with Gasteiger partial charge in [0.25, 0.3) is 0 Å². The number of Topliss-reactive ketones (excluding diaryl/α,β-unsaturated/α-hetero) is 1. The van der Waals surface area contributed by atoms with E-state index >= 15 is 0 Å². The van der Waals surface area contributed by atoms with Crippen LogP contribution in [0, 0.1) is 5.92 Å². The standard InChI is InChI=1S/C41H57N11O6/c42-18-4-3-10-32-37(56)52-33(22-25-13-16-30(53)17-14-25)38(57)49-31(11-6-20-48-41(45)46)35(54)24-29(9-5-19-47-40(43)44)36(55)51-34(39(58)50-32)23-26-12-15-27-7-1-2-8-28(27)21-26/h1-2,7-8,12-17,21,29,31-34,53H,3-6,9-11,18-20,22-24,42H2,(H,49,57)(H,50,58)(H,51,55)(H,52,56)(H4,43,44,47)(H4,45,46,48)/t29-,31+,32-,33-,34+/m1/s1. The molecule has 4 amide bonds. The summed E-state index contributed by atoms with van der Waals surface area (Å²) in [7, 11) is 0. The van der Waals surface area contributed by atoms with Crippen LogP contribution in [-0.2, 0) is 36.8 Å². The topological polar surface area (TPSA) is 309 Å². The van der Waals surface area contributed by atoms with Crippen LogP contribution >= 0.6 is 0 Å². The molecule has 0 bridgehead atoms. The highest BCUT2D eigenvalue weighted by Gasteiger charge is 2.35. The largest absolute Gasteiger partial charge is 0.508 e. The van der Waals surface area contributed by atoms with Crippen molar-refractivity contribution in [3.63, 3.8) is 0 Å². The fourth-order valence-electron chi connectivity index (χ4n) is 6.83. The van der Waals surface area contributed by atoms with Crippen molar-refractivity contribution in [2.45, 2.75) is 88.4 Å². The van der Waals surface area contributed by atoms with Crippen LogP contribution in [0.15, 0.2) is 76.7 Å². The van der Waals surface area contributed by atoms with Gasteiger partial charge in [0.15, 0.2) is 17.7 Å². The average Bonchev–Trinajstić information content (AvgIpc) is 3.19. The number of fused-ring (bicyclic) bond motifs is 1. The van der Waals surface area contributed by atoms with Crippen molar-refractivity contribution in [2.24, 2.45) is 44.6 Å². The maximum atomic E-state index is 14.3. The molecule has 0 aliphatic carbocycles. The van der Waals surface area contributed by atoms with Gasteiger partial charge in [-0.15, -0.1) is 0 Å². The smallest absolute Gasteiger partial charge is 0.243 e. The van der Waals surface area contributed by atoms with Crippen molar-refractivity contribution in [3.05, 3.63) is 77.9 Å². The molecule has 0 spiro atoms. The van der Waals surface area contributed by atoms with E-state index in [9.17, 15) is 29.1 Å². The molecule has 15 N–H and O–H groups in total. The number of carbonyl (C=O) groups is 5. The van der Waals surface area contributed by atoms with Crippen LogP contribution in [0.25, 0.3) is 10.8 Å². The number of phenolic OH excluding ortho intramolecular Hbond substituents is 1. The number of aromatic hydroxyl groups is 1. The number of phenols is 1. The van der Waals surface area contributed by atoms with Crippen LogP contribution in [0.4, 0.5) is 0 Å². The number of nitrogens with one attached hydrogen (secondary N) is 4. The summed E-state index contributed by atoms with van der Waals surface area (Å²) in [5, 5.41) is 23.2. The van der Waals surface area contributed by atoms with E-state index in [1.165, 1.54) is 12.1 Å². The van der Waals surface area contributed by atoms with Crippen molar-refractivity contribution in [3.8, 4) is 5.75 Å². The van der Waals surface area contributed by atoms with Crippen LogP contribution in [-0.4, -0.2) is 90.2 Å². The van der Waals surface area contributed by atoms with E-state index in [4.69, 9.17) is 28.7 Å². The van der Waals surface area contributed by atoms with Gasteiger partial charge < -0.3 is 55.0 Å². The molecule has 3 aromatic carbocycles. The van der Waals surface area contributed by atoms with Crippen LogP contribution in [0.3, 0.4) is 0 Å². The summed E-state index contributed by atoms with van der Waals surface area (Å²) in [6.45, 7) is 0.724. The number of nitrogens with two attached hydrogens (primary N) is 5. The molecule has 1 aliphatic heterocycles. The summed E-state index contributed by atoms with van der Waals surface area (Å²) >= 11 is 0. The monoisotopic (exact) mass is 799 g/mol. The molecule has 17 nitrogen and oxygen atoms in total. The number of hydrogen-bond acceptors (Lipinski definition) is 9. The van der Waals surface area contributed by atoms with Crippen molar-refractivity contribution < 1.29 is 29.1 Å². The number of hydrogen-bond donors (Lipinski definition) is 10. The van der Waals surface area contributed by atoms with Crippen molar-refractivity contribution >= 4 is 52.1 Å². The minimum atomic E-state index is -1.20. The number of unbranched alkanes of at least 4 members (excludes halogenated alkanes) is 1. The number of rotatable bonds is 16. The summed E-state index contributed by atoms with van der Waals surface area (Å²) in [6, 6.07) is 15.1. The van der Waals surface area contributed by atoms with Crippen LogP contribution in [0.1, 0.15) is 62.5 Å². The van der Waals surface area contributed by atoms with Gasteiger partial charge in [0, 0.05) is 38.3 Å². The quantitative estimate of drug-likeness (QED) is 0.0526. The molecule has 0 radical (unpaired) electrons. The molecule has 17 heteroatoms. The average molecular weight is 800 g/mol. The van der Waals surface area contributed by atoms with E-state index in [1.54, 1.807) is 12.1 Å². The van der Waals surface area contributed by atoms with E-state index in [-0.39, 0.29) is 69.3 Å². The van der Waals surface area contributed by atoms with Gasteiger partial charge in [0.2, 0.25) is 23.6 Å². The predicted molar refractivity (Wildman–Crippen MR) is 223 cm³/mol. The highest BCUT2D eigenvalue weighted by atomic mass is 16.3. The van der Waals surface area contributed by atoms with Gasteiger partial charge in [-0.3, -0.25) is 34.0 Å². The summed E-state index contributed by atoms with van der Waals surface area (Å²) in [5.74, 6) is -4.10. The highest BCUT2D eigenvalue weighted by molar-refractivity contribution is 5.98. The maximum Gasteiger partial charge on any atom is 0.243 e. The van der Waals surface area contributed by atoms with Crippen molar-refractivity contribution in [1.82, 2.24) is 21.3 Å². The Kier molecular flexibility index (Phi) is 17.3. The minimum Gasteiger partial charge on any atom is -0.508 e. The van der Waals surface area contributed by atoms with E-state index in [0.717, 1.165) is 16.3 Å². The number of benzene rings is 3. The number of aliphatic imine (C=N–C) groups is 2. The molecule has 4 rings (SSSR count). The molecule has 1 heterocycles. The first-order valence-electron chi connectivity index (χ1n) is 19.6. The Balaban J connectivity index is 1.77. The van der Waals surface area contributed by atoms with Gasteiger partial charge in [0.1, 0.15) is 23.9 Å². The summed E-state index contributed by atoms with van der Waals surface area (Å²) in [6.07, 6.45) is 1.96. The third-order valence-electron chi connectivity index (χ3n) is 9.95. The molecule has 1 saturated heterocycles. The molecule has 0 unspecified atom stereocenters. The SMILES string of the molecule is NCCCC[C@H]1NC(=O)[C@H](Cc2ccc3ccccc3c2)NC(=O)[C@H](CCCN=C(N)N)CC(=O)[C@H](CCCN=C(N)N)NC(=O)[C@@H](Cc2ccc(O)cc2)NC1=O. The lowest BCUT2D eigenvalue weighted by Gasteiger charge is -2.26. The fraction of sp³-hybridized carbons (Fsp3) is 0.439. The Labute approximate surface area is 338 Å². The third-order valence-corrected chi connectivity index (χ3v) is 9.95. The lowest BCUT2D eigenvalue weighted by Crippen LogP contribution is -2.58. The molecule has 312 valence electrons. The molecule has 0 saturated carbocycles. The molecule has 1 aliphatic rings. The zero-order valence-electron chi connectivity index (χ0n) is 32.7. The molecular weight excluding hydrogens is 743 g/mol. The van der Waals surface area contributed by atoms with E-state index in [0.29, 0.717) is 37.8 Å². The van der Waals surface area contributed by atoms with Crippen LogP contribution in [0.5, 0.6) is 5.75 Å². The normalized spacial score (nSPS) is 20.8. The van der Waals surface area contributed by atoms with E-state index in [1.807, 2.05) is 42.5 Å². The Hall–Kier alpha value is -6.23. The summed E-state index contributed by atoms with van der Waals surface area (Å²) < 4.78 is 0. The van der Waals surface area contributed by atoms with Gasteiger partial charge in [-0.25, -0.2) is 0 Å². The number of guanidine groups is 2. The molecule has 0 aromatic heterocycles. The Morgan fingerprint density at radius 3 is 1.74 bits per heavy atom. The second-order valence-corrected chi connectivity index (χ2v) is 14.6. The van der Waals surface area contributed by atoms with Crippen LogP contribution < -0.4 is 49.9 Å². The first-order chi connectivity index (χ1) is 27.8. The second kappa shape index (κ2) is 22.5. The Bertz CT molecular complexity index is 1930. The Morgan fingerprint density at radius 2 is 1.10 bits per heavy atom. The van der Waals surface area contributed by atoms with E-state index < -0.39 is 59.5 Å². The van der Waals surface area contributed by atoms with Crippen LogP contribution in [0.2, 0.25) is 0 Å². The molecule has 58 heavy (non-hydrogen) atoms. The number of carbonyl (C=O) groups excluding carboxylic acids is 5. The highest BCUT2D eigenvalue weighted by Crippen LogP contribution is 2.20. The van der Waals surface area contributed by atoms with Gasteiger partial charge in [-0.1, -0.05) is 54.6 Å². The van der Waals surface area contributed by atoms with Crippen molar-refractivity contribution in [1.29, 1.82) is 0 Å². The maximum absolute atomic E-state index is 14.3. The lowest BCUT2D eigenvalue weighted by molar-refractivity contribution is -0.134.